The average molecular weight is 252 g/mol. The lowest BCUT2D eigenvalue weighted by Gasteiger charge is -2.12. The molecule has 4 N–H and O–H groups in total. The molecule has 0 aliphatic heterocycles. The summed E-state index contributed by atoms with van der Waals surface area (Å²) in [6.45, 7) is 3.50. The van der Waals surface area contributed by atoms with E-state index in [1.165, 1.54) is 0 Å². The van der Waals surface area contributed by atoms with Gasteiger partial charge in [0, 0.05) is 13.2 Å². The molecule has 0 aliphatic rings. The molecule has 1 aromatic carbocycles. The van der Waals surface area contributed by atoms with Crippen molar-refractivity contribution in [1.29, 1.82) is 0 Å². The molecule has 0 aromatic heterocycles. The number of carbonyl (C=O) groups is 1. The Labute approximate surface area is 107 Å². The van der Waals surface area contributed by atoms with Gasteiger partial charge in [-0.05, 0) is 31.0 Å². The Morgan fingerprint density at radius 3 is 2.72 bits per heavy atom. The third kappa shape index (κ3) is 5.16. The van der Waals surface area contributed by atoms with Gasteiger partial charge in [-0.15, -0.1) is 0 Å². The summed E-state index contributed by atoms with van der Waals surface area (Å²) in [5.74, 6) is 0.0104. The summed E-state index contributed by atoms with van der Waals surface area (Å²) in [4.78, 5) is 11.6. The molecular formula is C13H20N2O3. The summed E-state index contributed by atoms with van der Waals surface area (Å²) in [6, 6.07) is 6.08. The molecule has 0 saturated heterocycles. The van der Waals surface area contributed by atoms with E-state index < -0.39 is 6.04 Å². The molecule has 0 heterocycles. The van der Waals surface area contributed by atoms with Gasteiger partial charge in [0.25, 0.3) is 0 Å². The van der Waals surface area contributed by atoms with Crippen LogP contribution in [0, 0.1) is 0 Å². The van der Waals surface area contributed by atoms with Crippen molar-refractivity contribution < 1.29 is 14.6 Å². The Hall–Kier alpha value is -1.59. The summed E-state index contributed by atoms with van der Waals surface area (Å²) in [6.07, 6.45) is 0.445. The summed E-state index contributed by atoms with van der Waals surface area (Å²) < 4.78 is 5.11. The molecule has 18 heavy (non-hydrogen) atoms. The van der Waals surface area contributed by atoms with E-state index in [0.29, 0.717) is 26.2 Å². The second kappa shape index (κ2) is 7.68. The standard InChI is InChI=1S/C13H20N2O3/c1-2-18-8-7-15-13(17)12(14)9-10-3-5-11(16)6-4-10/h3-6,12,16H,2,7-9,14H2,1H3,(H,15,17)/t12-/m0/s1. The summed E-state index contributed by atoms with van der Waals surface area (Å²) in [5.41, 5.74) is 6.70. The monoisotopic (exact) mass is 252 g/mol. The summed E-state index contributed by atoms with van der Waals surface area (Å²) in [7, 11) is 0. The smallest absolute Gasteiger partial charge is 0.237 e. The minimum absolute atomic E-state index is 0.192. The van der Waals surface area contributed by atoms with Crippen LogP contribution in [0.2, 0.25) is 0 Å². The van der Waals surface area contributed by atoms with E-state index in [9.17, 15) is 4.79 Å². The highest BCUT2D eigenvalue weighted by Gasteiger charge is 2.13. The number of nitrogens with two attached hydrogens (primary N) is 1. The lowest BCUT2D eigenvalue weighted by atomic mass is 10.1. The number of phenols is 1. The maximum absolute atomic E-state index is 11.6. The Bertz CT molecular complexity index is 365. The fraction of sp³-hybridized carbons (Fsp3) is 0.462. The second-order valence-electron chi connectivity index (χ2n) is 3.97. The quantitative estimate of drug-likeness (QED) is 0.614. The lowest BCUT2D eigenvalue weighted by molar-refractivity contribution is -0.122. The number of nitrogens with one attached hydrogen (secondary N) is 1. The molecule has 0 unspecified atom stereocenters. The first-order valence-electron chi connectivity index (χ1n) is 6.02. The molecule has 1 atom stereocenters. The molecule has 0 spiro atoms. The Morgan fingerprint density at radius 1 is 1.44 bits per heavy atom. The van der Waals surface area contributed by atoms with Crippen molar-refractivity contribution in [2.45, 2.75) is 19.4 Å². The van der Waals surface area contributed by atoms with Crippen molar-refractivity contribution in [3.05, 3.63) is 29.8 Å². The first-order valence-corrected chi connectivity index (χ1v) is 6.02. The molecule has 5 heteroatoms. The van der Waals surface area contributed by atoms with E-state index in [1.807, 2.05) is 6.92 Å². The van der Waals surface area contributed by atoms with Gasteiger partial charge in [0.05, 0.1) is 12.6 Å². The van der Waals surface area contributed by atoms with Gasteiger partial charge < -0.3 is 20.9 Å². The fourth-order valence-electron chi connectivity index (χ4n) is 1.50. The highest BCUT2D eigenvalue weighted by molar-refractivity contribution is 5.81. The van der Waals surface area contributed by atoms with Crippen LogP contribution < -0.4 is 11.1 Å². The van der Waals surface area contributed by atoms with Crippen LogP contribution in [0.5, 0.6) is 5.75 Å². The van der Waals surface area contributed by atoms with Crippen LogP contribution in [0.15, 0.2) is 24.3 Å². The molecule has 100 valence electrons. The Morgan fingerprint density at radius 2 is 2.11 bits per heavy atom. The molecule has 1 aromatic rings. The Balaban J connectivity index is 2.33. The minimum atomic E-state index is -0.587. The van der Waals surface area contributed by atoms with Gasteiger partial charge in [-0.1, -0.05) is 12.1 Å². The van der Waals surface area contributed by atoms with E-state index in [2.05, 4.69) is 5.32 Å². The molecular weight excluding hydrogens is 232 g/mol. The third-order valence-corrected chi connectivity index (χ3v) is 2.48. The first-order chi connectivity index (χ1) is 8.63. The summed E-state index contributed by atoms with van der Waals surface area (Å²) in [5, 5.41) is 11.9. The highest BCUT2D eigenvalue weighted by Crippen LogP contribution is 2.10. The van der Waals surface area contributed by atoms with Crippen LogP contribution in [0.1, 0.15) is 12.5 Å². The maximum atomic E-state index is 11.6. The van der Waals surface area contributed by atoms with Crippen molar-refractivity contribution in [2.75, 3.05) is 19.8 Å². The number of amides is 1. The van der Waals surface area contributed by atoms with Crippen LogP contribution in [-0.4, -0.2) is 36.8 Å². The van der Waals surface area contributed by atoms with Gasteiger partial charge in [0.1, 0.15) is 5.75 Å². The van der Waals surface area contributed by atoms with Crippen LogP contribution in [0.3, 0.4) is 0 Å². The van der Waals surface area contributed by atoms with Crippen molar-refractivity contribution in [2.24, 2.45) is 5.73 Å². The molecule has 1 rings (SSSR count). The zero-order chi connectivity index (χ0) is 13.4. The zero-order valence-corrected chi connectivity index (χ0v) is 10.6. The fourth-order valence-corrected chi connectivity index (χ4v) is 1.50. The van der Waals surface area contributed by atoms with Gasteiger partial charge >= 0.3 is 0 Å². The first kappa shape index (κ1) is 14.5. The number of benzene rings is 1. The van der Waals surface area contributed by atoms with Gasteiger partial charge in [-0.25, -0.2) is 0 Å². The van der Waals surface area contributed by atoms with Crippen LogP contribution in [0.4, 0.5) is 0 Å². The van der Waals surface area contributed by atoms with Crippen LogP contribution in [0.25, 0.3) is 0 Å². The average Bonchev–Trinajstić information content (AvgIpc) is 2.37. The number of rotatable bonds is 7. The van der Waals surface area contributed by atoms with E-state index in [1.54, 1.807) is 24.3 Å². The van der Waals surface area contributed by atoms with Crippen molar-refractivity contribution in [1.82, 2.24) is 5.32 Å². The number of hydrogen-bond acceptors (Lipinski definition) is 4. The highest BCUT2D eigenvalue weighted by atomic mass is 16.5. The van der Waals surface area contributed by atoms with E-state index in [-0.39, 0.29) is 11.7 Å². The van der Waals surface area contributed by atoms with E-state index in [0.717, 1.165) is 5.56 Å². The molecule has 0 radical (unpaired) electrons. The molecule has 0 bridgehead atoms. The zero-order valence-electron chi connectivity index (χ0n) is 10.6. The molecule has 5 nitrogen and oxygen atoms in total. The van der Waals surface area contributed by atoms with Gasteiger partial charge in [-0.3, -0.25) is 4.79 Å². The third-order valence-electron chi connectivity index (χ3n) is 2.48. The minimum Gasteiger partial charge on any atom is -0.508 e. The van der Waals surface area contributed by atoms with E-state index >= 15 is 0 Å². The maximum Gasteiger partial charge on any atom is 0.237 e. The largest absolute Gasteiger partial charge is 0.508 e. The molecule has 1 amide bonds. The predicted octanol–water partition coefficient (Wildman–Crippen LogP) is 0.415. The number of aromatic hydroxyl groups is 1. The molecule has 0 fully saturated rings. The van der Waals surface area contributed by atoms with Crippen molar-refractivity contribution >= 4 is 5.91 Å². The summed E-state index contributed by atoms with van der Waals surface area (Å²) >= 11 is 0. The molecule has 0 saturated carbocycles. The molecule has 0 aliphatic carbocycles. The van der Waals surface area contributed by atoms with Gasteiger partial charge in [0.15, 0.2) is 0 Å². The van der Waals surface area contributed by atoms with Crippen molar-refractivity contribution in [3.63, 3.8) is 0 Å². The lowest BCUT2D eigenvalue weighted by Crippen LogP contribution is -2.43. The number of phenolic OH excluding ortho intramolecular Hbond substituents is 1. The predicted molar refractivity (Wildman–Crippen MR) is 69.3 cm³/mol. The second-order valence-corrected chi connectivity index (χ2v) is 3.97. The normalized spacial score (nSPS) is 12.1. The number of carbonyl (C=O) groups excluding carboxylic acids is 1. The topological polar surface area (TPSA) is 84.6 Å². The Kier molecular flexibility index (Phi) is 6.18. The SMILES string of the molecule is CCOCCNC(=O)[C@@H](N)Cc1ccc(O)cc1. The van der Waals surface area contributed by atoms with Crippen molar-refractivity contribution in [3.8, 4) is 5.75 Å². The van der Waals surface area contributed by atoms with Crippen LogP contribution in [-0.2, 0) is 16.0 Å². The van der Waals surface area contributed by atoms with E-state index in [4.69, 9.17) is 15.6 Å². The van der Waals surface area contributed by atoms with Gasteiger partial charge in [-0.2, -0.15) is 0 Å². The van der Waals surface area contributed by atoms with Gasteiger partial charge in [0.2, 0.25) is 5.91 Å². The van der Waals surface area contributed by atoms with Crippen LogP contribution >= 0.6 is 0 Å². The number of ether oxygens (including phenoxy) is 1. The number of hydrogen-bond donors (Lipinski definition) is 3.